The van der Waals surface area contributed by atoms with Gasteiger partial charge in [0.05, 0.1) is 0 Å². The van der Waals surface area contributed by atoms with Gasteiger partial charge in [0.25, 0.3) is 0 Å². The molecule has 1 aromatic rings. The van der Waals surface area contributed by atoms with E-state index in [0.29, 0.717) is 0 Å². The number of likely N-dealkylation sites (N-methyl/N-ethyl adjacent to an activating group) is 1. The molecule has 0 saturated carbocycles. The van der Waals surface area contributed by atoms with Crippen molar-refractivity contribution in [3.8, 4) is 0 Å². The summed E-state index contributed by atoms with van der Waals surface area (Å²) in [6.07, 6.45) is 2.00. The molecule has 0 aliphatic rings. The Labute approximate surface area is 99.5 Å². The SMILES string of the molecule is CCC(C)(C(N)Cc1ccccc1)N(C)C. The normalized spacial score (nSPS) is 17.1. The van der Waals surface area contributed by atoms with Crippen molar-refractivity contribution in [2.75, 3.05) is 14.1 Å². The molecule has 2 heteroatoms. The number of hydrogen-bond acceptors (Lipinski definition) is 2. The molecule has 90 valence electrons. The molecule has 2 unspecified atom stereocenters. The van der Waals surface area contributed by atoms with Gasteiger partial charge < -0.3 is 10.6 Å². The highest BCUT2D eigenvalue weighted by atomic mass is 15.2. The predicted molar refractivity (Wildman–Crippen MR) is 70.5 cm³/mol. The van der Waals surface area contributed by atoms with Crippen LogP contribution in [0.1, 0.15) is 25.8 Å². The number of hydrogen-bond donors (Lipinski definition) is 1. The first-order valence-electron chi connectivity index (χ1n) is 5.97. The fraction of sp³-hybridized carbons (Fsp3) is 0.571. The smallest absolute Gasteiger partial charge is 0.0326 e. The lowest BCUT2D eigenvalue weighted by atomic mass is 9.85. The van der Waals surface area contributed by atoms with Gasteiger partial charge in [0.1, 0.15) is 0 Å². The summed E-state index contributed by atoms with van der Waals surface area (Å²) in [5, 5.41) is 0. The maximum absolute atomic E-state index is 6.35. The van der Waals surface area contributed by atoms with E-state index in [-0.39, 0.29) is 11.6 Å². The second-order valence-electron chi connectivity index (χ2n) is 4.90. The first kappa shape index (κ1) is 13.2. The minimum Gasteiger partial charge on any atom is -0.326 e. The predicted octanol–water partition coefficient (Wildman–Crippen LogP) is 2.29. The van der Waals surface area contributed by atoms with Gasteiger partial charge in [-0.05, 0) is 39.4 Å². The lowest BCUT2D eigenvalue weighted by molar-refractivity contribution is 0.131. The minimum absolute atomic E-state index is 0.0653. The molecule has 2 N–H and O–H groups in total. The minimum atomic E-state index is 0.0653. The maximum atomic E-state index is 6.35. The van der Waals surface area contributed by atoms with Crippen LogP contribution in [0.25, 0.3) is 0 Å². The van der Waals surface area contributed by atoms with Crippen LogP contribution in [0, 0.1) is 0 Å². The van der Waals surface area contributed by atoms with E-state index in [1.54, 1.807) is 0 Å². The number of rotatable bonds is 5. The van der Waals surface area contributed by atoms with Gasteiger partial charge >= 0.3 is 0 Å². The maximum Gasteiger partial charge on any atom is 0.0326 e. The first-order valence-corrected chi connectivity index (χ1v) is 5.97. The molecule has 2 atom stereocenters. The molecule has 0 aliphatic heterocycles. The third kappa shape index (κ3) is 2.83. The standard InChI is InChI=1S/C14H24N2/c1-5-14(2,16(3)4)13(15)11-12-9-7-6-8-10-12/h6-10,13H,5,11,15H2,1-4H3. The number of nitrogens with two attached hydrogens (primary N) is 1. The molecule has 1 aromatic carbocycles. The van der Waals surface area contributed by atoms with E-state index in [2.05, 4.69) is 57.1 Å². The van der Waals surface area contributed by atoms with Crippen molar-refractivity contribution < 1.29 is 0 Å². The van der Waals surface area contributed by atoms with E-state index in [0.717, 1.165) is 12.8 Å². The molecule has 16 heavy (non-hydrogen) atoms. The Morgan fingerprint density at radius 3 is 2.25 bits per heavy atom. The van der Waals surface area contributed by atoms with Crippen LogP contribution in [0.15, 0.2) is 30.3 Å². The van der Waals surface area contributed by atoms with Crippen LogP contribution in [0.5, 0.6) is 0 Å². The Hall–Kier alpha value is -0.860. The van der Waals surface area contributed by atoms with Crippen LogP contribution < -0.4 is 5.73 Å². The van der Waals surface area contributed by atoms with Crippen LogP contribution in [0.3, 0.4) is 0 Å². The van der Waals surface area contributed by atoms with Gasteiger partial charge in [-0.2, -0.15) is 0 Å². The molecule has 0 bridgehead atoms. The van der Waals surface area contributed by atoms with Crippen molar-refractivity contribution in [3.63, 3.8) is 0 Å². The van der Waals surface area contributed by atoms with E-state index in [1.807, 2.05) is 6.07 Å². The highest BCUT2D eigenvalue weighted by molar-refractivity contribution is 5.17. The molecular formula is C14H24N2. The van der Waals surface area contributed by atoms with Gasteiger partial charge in [0.15, 0.2) is 0 Å². The van der Waals surface area contributed by atoms with Gasteiger partial charge in [-0.25, -0.2) is 0 Å². The van der Waals surface area contributed by atoms with Gasteiger partial charge in [-0.3, -0.25) is 0 Å². The zero-order valence-electron chi connectivity index (χ0n) is 10.9. The first-order chi connectivity index (χ1) is 7.50. The summed E-state index contributed by atoms with van der Waals surface area (Å²) >= 11 is 0. The Morgan fingerprint density at radius 2 is 1.81 bits per heavy atom. The Balaban J connectivity index is 2.74. The average molecular weight is 220 g/mol. The van der Waals surface area contributed by atoms with Crippen molar-refractivity contribution in [1.29, 1.82) is 0 Å². The van der Waals surface area contributed by atoms with Crippen LogP contribution in [0.4, 0.5) is 0 Å². The average Bonchev–Trinajstić information content (AvgIpc) is 2.28. The molecule has 2 nitrogen and oxygen atoms in total. The fourth-order valence-corrected chi connectivity index (χ4v) is 2.00. The fourth-order valence-electron chi connectivity index (χ4n) is 2.00. The summed E-state index contributed by atoms with van der Waals surface area (Å²) in [7, 11) is 4.21. The third-order valence-electron chi connectivity index (χ3n) is 3.83. The van der Waals surface area contributed by atoms with E-state index in [4.69, 9.17) is 5.73 Å². The molecule has 0 amide bonds. The molecule has 1 rings (SSSR count). The molecule has 0 aromatic heterocycles. The van der Waals surface area contributed by atoms with Gasteiger partial charge in [0.2, 0.25) is 0 Å². The summed E-state index contributed by atoms with van der Waals surface area (Å²) in [6.45, 7) is 4.44. The quantitative estimate of drug-likeness (QED) is 0.825. The van der Waals surface area contributed by atoms with Crippen LogP contribution >= 0.6 is 0 Å². The molecule has 0 aliphatic carbocycles. The molecular weight excluding hydrogens is 196 g/mol. The van der Waals surface area contributed by atoms with Crippen molar-refractivity contribution in [3.05, 3.63) is 35.9 Å². The topological polar surface area (TPSA) is 29.3 Å². The lowest BCUT2D eigenvalue weighted by Crippen LogP contribution is -2.55. The monoisotopic (exact) mass is 220 g/mol. The molecule has 0 saturated heterocycles. The lowest BCUT2D eigenvalue weighted by Gasteiger charge is -2.41. The van der Waals surface area contributed by atoms with E-state index < -0.39 is 0 Å². The van der Waals surface area contributed by atoms with Crippen molar-refractivity contribution >= 4 is 0 Å². The van der Waals surface area contributed by atoms with E-state index >= 15 is 0 Å². The Kier molecular flexibility index (Phi) is 4.51. The van der Waals surface area contributed by atoms with Crippen LogP contribution in [-0.2, 0) is 6.42 Å². The van der Waals surface area contributed by atoms with Crippen molar-refractivity contribution in [2.45, 2.75) is 38.3 Å². The molecule has 0 fully saturated rings. The van der Waals surface area contributed by atoms with Gasteiger partial charge in [0, 0.05) is 11.6 Å². The zero-order valence-corrected chi connectivity index (χ0v) is 10.9. The van der Waals surface area contributed by atoms with Gasteiger partial charge in [-0.15, -0.1) is 0 Å². The third-order valence-corrected chi connectivity index (χ3v) is 3.83. The zero-order chi connectivity index (χ0) is 12.2. The van der Waals surface area contributed by atoms with E-state index in [1.165, 1.54) is 5.56 Å². The highest BCUT2D eigenvalue weighted by Gasteiger charge is 2.31. The summed E-state index contributed by atoms with van der Waals surface area (Å²) < 4.78 is 0. The highest BCUT2D eigenvalue weighted by Crippen LogP contribution is 2.22. The van der Waals surface area contributed by atoms with Crippen molar-refractivity contribution in [1.82, 2.24) is 4.90 Å². The Morgan fingerprint density at radius 1 is 1.25 bits per heavy atom. The van der Waals surface area contributed by atoms with Gasteiger partial charge in [-0.1, -0.05) is 37.3 Å². The summed E-state index contributed by atoms with van der Waals surface area (Å²) in [4.78, 5) is 2.24. The van der Waals surface area contributed by atoms with Crippen LogP contribution in [-0.4, -0.2) is 30.6 Å². The second kappa shape index (κ2) is 5.46. The molecule has 0 spiro atoms. The number of benzene rings is 1. The molecule has 0 heterocycles. The van der Waals surface area contributed by atoms with Crippen molar-refractivity contribution in [2.24, 2.45) is 5.73 Å². The largest absolute Gasteiger partial charge is 0.326 e. The summed E-state index contributed by atoms with van der Waals surface area (Å²) in [5.41, 5.74) is 7.74. The Bertz CT molecular complexity index is 308. The summed E-state index contributed by atoms with van der Waals surface area (Å²) in [6, 6.07) is 10.6. The van der Waals surface area contributed by atoms with E-state index in [9.17, 15) is 0 Å². The summed E-state index contributed by atoms with van der Waals surface area (Å²) in [5.74, 6) is 0. The van der Waals surface area contributed by atoms with Crippen LogP contribution in [0.2, 0.25) is 0 Å². The second-order valence-corrected chi connectivity index (χ2v) is 4.90. The molecule has 0 radical (unpaired) electrons. The number of nitrogens with zero attached hydrogens (tertiary/aromatic N) is 1.